The quantitative estimate of drug-likeness (QED) is 0.804. The van der Waals surface area contributed by atoms with Crippen LogP contribution in [0.2, 0.25) is 0 Å². The van der Waals surface area contributed by atoms with Gasteiger partial charge in [-0.05, 0) is 32.9 Å². The second-order valence-electron chi connectivity index (χ2n) is 6.45. The fourth-order valence-corrected chi connectivity index (χ4v) is 2.31. The SMILES string of the molecule is COc1nc2ccccc2cc1C(C=O)N(C)C(=O)OC(C)(C)C. The molecule has 0 bridgehead atoms. The second-order valence-corrected chi connectivity index (χ2v) is 6.45. The number of carbonyl (C=O) groups excluding carboxylic acids is 2. The number of para-hydroxylation sites is 1. The molecule has 1 aromatic heterocycles. The summed E-state index contributed by atoms with van der Waals surface area (Å²) in [4.78, 5) is 29.6. The summed E-state index contributed by atoms with van der Waals surface area (Å²) in [7, 11) is 3.00. The third-order valence-corrected chi connectivity index (χ3v) is 3.46. The average Bonchev–Trinajstić information content (AvgIpc) is 2.53. The van der Waals surface area contributed by atoms with E-state index in [2.05, 4.69) is 4.98 Å². The van der Waals surface area contributed by atoms with Gasteiger partial charge in [-0.25, -0.2) is 9.78 Å². The Morgan fingerprint density at radius 2 is 1.96 bits per heavy atom. The number of hydrogen-bond acceptors (Lipinski definition) is 5. The van der Waals surface area contributed by atoms with Crippen LogP contribution in [0.3, 0.4) is 0 Å². The van der Waals surface area contributed by atoms with E-state index in [1.54, 1.807) is 26.8 Å². The van der Waals surface area contributed by atoms with Gasteiger partial charge in [-0.1, -0.05) is 18.2 Å². The number of pyridine rings is 1. The Bertz CT molecular complexity index is 752. The maximum atomic E-state index is 12.3. The van der Waals surface area contributed by atoms with E-state index in [0.29, 0.717) is 17.7 Å². The fourth-order valence-electron chi connectivity index (χ4n) is 2.31. The second kappa shape index (κ2) is 6.86. The molecule has 0 aliphatic heterocycles. The molecule has 24 heavy (non-hydrogen) atoms. The highest BCUT2D eigenvalue weighted by Crippen LogP contribution is 2.30. The van der Waals surface area contributed by atoms with Crippen LogP contribution >= 0.6 is 0 Å². The summed E-state index contributed by atoms with van der Waals surface area (Å²) < 4.78 is 10.6. The minimum atomic E-state index is -0.855. The predicted molar refractivity (Wildman–Crippen MR) is 91.1 cm³/mol. The minimum Gasteiger partial charge on any atom is -0.481 e. The molecule has 1 unspecified atom stereocenters. The molecule has 1 heterocycles. The number of fused-ring (bicyclic) bond motifs is 1. The summed E-state index contributed by atoms with van der Waals surface area (Å²) in [6.45, 7) is 5.31. The van der Waals surface area contributed by atoms with Crippen molar-refractivity contribution in [2.75, 3.05) is 14.2 Å². The Hall–Kier alpha value is -2.63. The van der Waals surface area contributed by atoms with Gasteiger partial charge in [0.15, 0.2) is 0 Å². The van der Waals surface area contributed by atoms with Gasteiger partial charge >= 0.3 is 6.09 Å². The van der Waals surface area contributed by atoms with Gasteiger partial charge in [-0.2, -0.15) is 0 Å². The number of rotatable bonds is 4. The van der Waals surface area contributed by atoms with Gasteiger partial charge in [-0.3, -0.25) is 4.90 Å². The summed E-state index contributed by atoms with van der Waals surface area (Å²) in [6, 6.07) is 8.45. The summed E-state index contributed by atoms with van der Waals surface area (Å²) in [5.41, 5.74) is 0.618. The Morgan fingerprint density at radius 3 is 2.54 bits per heavy atom. The standard InChI is InChI=1S/C18H22N2O4/c1-18(2,3)24-17(22)20(4)15(11-21)13-10-12-8-6-7-9-14(12)19-16(13)23-5/h6-11,15H,1-5H3. The molecule has 0 aliphatic rings. The number of carbonyl (C=O) groups is 2. The zero-order valence-corrected chi connectivity index (χ0v) is 14.6. The monoisotopic (exact) mass is 330 g/mol. The van der Waals surface area contributed by atoms with E-state index in [-0.39, 0.29) is 0 Å². The van der Waals surface area contributed by atoms with E-state index in [4.69, 9.17) is 9.47 Å². The third-order valence-electron chi connectivity index (χ3n) is 3.46. The fraction of sp³-hybridized carbons (Fsp3) is 0.389. The minimum absolute atomic E-state index is 0.307. The lowest BCUT2D eigenvalue weighted by atomic mass is 10.1. The first kappa shape index (κ1) is 17.7. The lowest BCUT2D eigenvalue weighted by Gasteiger charge is -2.28. The number of amides is 1. The number of likely N-dealkylation sites (N-methyl/N-ethyl adjacent to an activating group) is 1. The lowest BCUT2D eigenvalue weighted by molar-refractivity contribution is -0.112. The van der Waals surface area contributed by atoms with Crippen LogP contribution in [0.5, 0.6) is 5.88 Å². The molecule has 2 aromatic rings. The Kier molecular flexibility index (Phi) is 5.07. The van der Waals surface area contributed by atoms with Crippen LogP contribution in [0.15, 0.2) is 30.3 Å². The van der Waals surface area contributed by atoms with Crippen LogP contribution in [0.4, 0.5) is 4.79 Å². The summed E-state index contributed by atoms with van der Waals surface area (Å²) >= 11 is 0. The van der Waals surface area contributed by atoms with Gasteiger partial charge in [-0.15, -0.1) is 0 Å². The van der Waals surface area contributed by atoms with Crippen molar-refractivity contribution in [2.45, 2.75) is 32.4 Å². The average molecular weight is 330 g/mol. The molecule has 0 fully saturated rings. The maximum absolute atomic E-state index is 12.3. The van der Waals surface area contributed by atoms with Crippen molar-refractivity contribution in [2.24, 2.45) is 0 Å². The van der Waals surface area contributed by atoms with E-state index in [1.807, 2.05) is 24.3 Å². The Labute approximate surface area is 141 Å². The van der Waals surface area contributed by atoms with Crippen LogP contribution in [-0.4, -0.2) is 42.0 Å². The van der Waals surface area contributed by atoms with E-state index in [1.165, 1.54) is 19.1 Å². The largest absolute Gasteiger partial charge is 0.481 e. The molecule has 6 heteroatoms. The van der Waals surface area contributed by atoms with Crippen molar-refractivity contribution < 1.29 is 19.1 Å². The molecular weight excluding hydrogens is 308 g/mol. The van der Waals surface area contributed by atoms with Gasteiger partial charge in [0.2, 0.25) is 5.88 Å². The summed E-state index contributed by atoms with van der Waals surface area (Å²) in [5, 5.41) is 0.859. The molecule has 0 radical (unpaired) electrons. The predicted octanol–water partition coefficient (Wildman–Crippen LogP) is 3.35. The topological polar surface area (TPSA) is 68.7 Å². The van der Waals surface area contributed by atoms with Gasteiger partial charge in [0.25, 0.3) is 0 Å². The highest BCUT2D eigenvalue weighted by atomic mass is 16.6. The highest BCUT2D eigenvalue weighted by Gasteiger charge is 2.29. The van der Waals surface area contributed by atoms with Crippen LogP contribution < -0.4 is 4.74 Å². The van der Waals surface area contributed by atoms with Crippen LogP contribution in [0.25, 0.3) is 10.9 Å². The van der Waals surface area contributed by atoms with Gasteiger partial charge < -0.3 is 14.3 Å². The Morgan fingerprint density at radius 1 is 1.29 bits per heavy atom. The van der Waals surface area contributed by atoms with Crippen molar-refractivity contribution in [3.8, 4) is 5.88 Å². The number of ether oxygens (including phenoxy) is 2. The van der Waals surface area contributed by atoms with Gasteiger partial charge in [0.1, 0.15) is 17.9 Å². The molecule has 1 aromatic carbocycles. The maximum Gasteiger partial charge on any atom is 0.410 e. The molecule has 0 aliphatic carbocycles. The molecule has 1 atom stereocenters. The first-order valence-electron chi connectivity index (χ1n) is 7.61. The van der Waals surface area contributed by atoms with Crippen molar-refractivity contribution in [3.05, 3.63) is 35.9 Å². The molecule has 6 nitrogen and oxygen atoms in total. The zero-order chi connectivity index (χ0) is 17.9. The molecule has 0 saturated carbocycles. The van der Waals surface area contributed by atoms with Gasteiger partial charge in [0, 0.05) is 18.0 Å². The van der Waals surface area contributed by atoms with Crippen molar-refractivity contribution >= 4 is 23.3 Å². The van der Waals surface area contributed by atoms with Crippen molar-refractivity contribution in [1.82, 2.24) is 9.88 Å². The van der Waals surface area contributed by atoms with Crippen LogP contribution in [-0.2, 0) is 9.53 Å². The number of methoxy groups -OCH3 is 1. The van der Waals surface area contributed by atoms with E-state index in [9.17, 15) is 9.59 Å². The number of benzene rings is 1. The highest BCUT2D eigenvalue weighted by molar-refractivity contribution is 5.82. The number of aldehydes is 1. The summed E-state index contributed by atoms with van der Waals surface area (Å²) in [6.07, 6.45) is 0.0907. The molecule has 2 rings (SSSR count). The van der Waals surface area contributed by atoms with Crippen LogP contribution in [0, 0.1) is 0 Å². The van der Waals surface area contributed by atoms with E-state index < -0.39 is 17.7 Å². The third kappa shape index (κ3) is 3.82. The van der Waals surface area contributed by atoms with E-state index >= 15 is 0 Å². The van der Waals surface area contributed by atoms with E-state index in [0.717, 1.165) is 10.9 Å². The zero-order valence-electron chi connectivity index (χ0n) is 14.6. The van der Waals surface area contributed by atoms with Crippen LogP contribution in [0.1, 0.15) is 32.4 Å². The molecule has 1 amide bonds. The molecule has 0 N–H and O–H groups in total. The van der Waals surface area contributed by atoms with Crippen molar-refractivity contribution in [3.63, 3.8) is 0 Å². The molecule has 0 saturated heterocycles. The summed E-state index contributed by atoms with van der Waals surface area (Å²) in [5.74, 6) is 0.307. The number of aromatic nitrogens is 1. The molecule has 0 spiro atoms. The number of nitrogens with zero attached hydrogens (tertiary/aromatic N) is 2. The lowest BCUT2D eigenvalue weighted by Crippen LogP contribution is -2.37. The Balaban J connectivity index is 2.44. The molecule has 128 valence electrons. The van der Waals surface area contributed by atoms with Gasteiger partial charge in [0.05, 0.1) is 12.6 Å². The normalized spacial score (nSPS) is 12.5. The first-order chi connectivity index (χ1) is 11.3. The number of hydrogen-bond donors (Lipinski definition) is 0. The molecular formula is C18H22N2O4. The smallest absolute Gasteiger partial charge is 0.410 e. The van der Waals surface area contributed by atoms with Crippen molar-refractivity contribution in [1.29, 1.82) is 0 Å². The first-order valence-corrected chi connectivity index (χ1v) is 7.61.